The largest absolute Gasteiger partial charge is 0.488 e. The molecular weight excluding hydrogens is 370 g/mol. The van der Waals surface area contributed by atoms with Crippen LogP contribution < -0.4 is 10.3 Å². The summed E-state index contributed by atoms with van der Waals surface area (Å²) >= 11 is 12.0. The number of halogens is 3. The number of nitrogens with zero attached hydrogens (tertiary/aromatic N) is 2. The molecule has 1 N–H and O–H groups in total. The van der Waals surface area contributed by atoms with E-state index in [1.807, 2.05) is 0 Å². The highest BCUT2D eigenvalue weighted by Gasteiger charge is 2.13. The highest BCUT2D eigenvalue weighted by molar-refractivity contribution is 6.37. The molecule has 2 aromatic carbocycles. The molecule has 0 saturated carbocycles. The Balaban J connectivity index is 1.74. The van der Waals surface area contributed by atoms with Crippen LogP contribution in [0.1, 0.15) is 0 Å². The van der Waals surface area contributed by atoms with Gasteiger partial charge in [-0.1, -0.05) is 29.3 Å². The lowest BCUT2D eigenvalue weighted by atomic mass is 10.2. The van der Waals surface area contributed by atoms with Crippen LogP contribution in [0.3, 0.4) is 0 Å². The summed E-state index contributed by atoms with van der Waals surface area (Å²) in [5.41, 5.74) is -0.116. The van der Waals surface area contributed by atoms with E-state index in [1.165, 1.54) is 29.1 Å². The molecule has 0 fully saturated rings. The lowest BCUT2D eigenvalue weighted by molar-refractivity contribution is 0.0916. The van der Waals surface area contributed by atoms with Crippen LogP contribution in [0.4, 0.5) is 4.39 Å². The number of benzene rings is 2. The predicted octanol–water partition coefficient (Wildman–Crippen LogP) is 3.28. The van der Waals surface area contributed by atoms with Crippen LogP contribution in [0.25, 0.3) is 10.9 Å². The van der Waals surface area contributed by atoms with Crippen molar-refractivity contribution in [3.8, 4) is 5.75 Å². The molecule has 25 heavy (non-hydrogen) atoms. The van der Waals surface area contributed by atoms with E-state index in [-0.39, 0.29) is 35.4 Å². The summed E-state index contributed by atoms with van der Waals surface area (Å²) < 4.78 is 19.9. The number of fused-ring (bicyclic) bond motifs is 1. The summed E-state index contributed by atoms with van der Waals surface area (Å²) in [6, 6.07) is 8.65. The Labute approximate surface area is 152 Å². The van der Waals surface area contributed by atoms with Gasteiger partial charge in [0, 0.05) is 6.07 Å². The molecule has 0 aliphatic heterocycles. The lowest BCUT2D eigenvalue weighted by Gasteiger charge is -2.15. The van der Waals surface area contributed by atoms with Crippen molar-refractivity contribution in [3.05, 3.63) is 68.9 Å². The predicted molar refractivity (Wildman–Crippen MR) is 93.9 cm³/mol. The number of rotatable bonds is 5. The van der Waals surface area contributed by atoms with E-state index in [2.05, 4.69) is 4.98 Å². The van der Waals surface area contributed by atoms with E-state index in [0.29, 0.717) is 10.0 Å². The van der Waals surface area contributed by atoms with Crippen molar-refractivity contribution >= 4 is 34.1 Å². The summed E-state index contributed by atoms with van der Waals surface area (Å²) in [6.07, 6.45) is 0.264. The number of hydrogen-bond donors (Lipinski definition) is 1. The van der Waals surface area contributed by atoms with Gasteiger partial charge in [-0.2, -0.15) is 0 Å². The fraction of sp³-hybridized carbons (Fsp3) is 0.176. The fourth-order valence-corrected chi connectivity index (χ4v) is 2.85. The molecule has 1 aromatic heterocycles. The Bertz CT molecular complexity index is 958. The van der Waals surface area contributed by atoms with Crippen LogP contribution in [-0.4, -0.2) is 27.4 Å². The Morgan fingerprint density at radius 1 is 1.24 bits per heavy atom. The van der Waals surface area contributed by atoms with Gasteiger partial charge < -0.3 is 9.84 Å². The molecule has 0 unspecified atom stereocenters. The van der Waals surface area contributed by atoms with E-state index in [1.54, 1.807) is 18.2 Å². The Hall–Kier alpha value is -2.15. The van der Waals surface area contributed by atoms with Gasteiger partial charge in [-0.25, -0.2) is 9.37 Å². The van der Waals surface area contributed by atoms with Crippen LogP contribution in [-0.2, 0) is 6.54 Å². The van der Waals surface area contributed by atoms with Crippen molar-refractivity contribution in [3.63, 3.8) is 0 Å². The van der Waals surface area contributed by atoms with Crippen molar-refractivity contribution in [2.45, 2.75) is 12.6 Å². The van der Waals surface area contributed by atoms with E-state index in [9.17, 15) is 14.3 Å². The van der Waals surface area contributed by atoms with Gasteiger partial charge in [-0.3, -0.25) is 9.36 Å². The minimum Gasteiger partial charge on any atom is -0.488 e. The first-order valence-corrected chi connectivity index (χ1v) is 8.11. The second-order valence-electron chi connectivity index (χ2n) is 5.38. The zero-order valence-electron chi connectivity index (χ0n) is 12.8. The molecule has 0 radical (unpaired) electrons. The SMILES string of the molecule is O=c1c2ccc(F)cc2ncn1C[C@@H](O)COc1c(Cl)cccc1Cl. The van der Waals surface area contributed by atoms with E-state index in [0.717, 1.165) is 0 Å². The maximum absolute atomic E-state index is 13.2. The second kappa shape index (κ2) is 7.39. The van der Waals surface area contributed by atoms with Crippen LogP contribution in [0.2, 0.25) is 10.0 Å². The van der Waals surface area contributed by atoms with Gasteiger partial charge in [0.05, 0.1) is 33.8 Å². The smallest absolute Gasteiger partial charge is 0.261 e. The normalized spacial score (nSPS) is 12.3. The number of hydrogen-bond acceptors (Lipinski definition) is 4. The Morgan fingerprint density at radius 3 is 2.68 bits per heavy atom. The first kappa shape index (κ1) is 17.7. The van der Waals surface area contributed by atoms with E-state index >= 15 is 0 Å². The summed E-state index contributed by atoms with van der Waals surface area (Å²) in [5, 5.41) is 11.0. The van der Waals surface area contributed by atoms with Gasteiger partial charge >= 0.3 is 0 Å². The summed E-state index contributed by atoms with van der Waals surface area (Å²) in [4.78, 5) is 16.4. The number of aliphatic hydroxyl groups is 1. The molecule has 0 spiro atoms. The number of para-hydroxylation sites is 1. The van der Waals surface area contributed by atoms with Gasteiger partial charge in [0.1, 0.15) is 18.5 Å². The molecule has 3 aromatic rings. The third-order valence-corrected chi connectivity index (χ3v) is 4.13. The molecule has 5 nitrogen and oxygen atoms in total. The van der Waals surface area contributed by atoms with Crippen molar-refractivity contribution in [1.82, 2.24) is 9.55 Å². The molecule has 0 amide bonds. The molecule has 3 rings (SSSR count). The quantitative estimate of drug-likeness (QED) is 0.735. The lowest BCUT2D eigenvalue weighted by Crippen LogP contribution is -2.30. The molecule has 0 saturated heterocycles. The minimum absolute atomic E-state index is 0.0405. The topological polar surface area (TPSA) is 64.4 Å². The zero-order valence-corrected chi connectivity index (χ0v) is 14.3. The van der Waals surface area contributed by atoms with Gasteiger partial charge in [0.15, 0.2) is 5.75 Å². The zero-order chi connectivity index (χ0) is 18.0. The highest BCUT2D eigenvalue weighted by Crippen LogP contribution is 2.32. The van der Waals surface area contributed by atoms with Crippen molar-refractivity contribution in [1.29, 1.82) is 0 Å². The van der Waals surface area contributed by atoms with E-state index in [4.69, 9.17) is 27.9 Å². The Kier molecular flexibility index (Phi) is 5.22. The van der Waals surface area contributed by atoms with Crippen LogP contribution in [0.15, 0.2) is 47.5 Å². The average molecular weight is 383 g/mol. The monoisotopic (exact) mass is 382 g/mol. The molecular formula is C17H13Cl2FN2O3. The van der Waals surface area contributed by atoms with Crippen molar-refractivity contribution < 1.29 is 14.2 Å². The van der Waals surface area contributed by atoms with Crippen molar-refractivity contribution in [2.24, 2.45) is 0 Å². The van der Waals surface area contributed by atoms with Gasteiger partial charge in [-0.05, 0) is 24.3 Å². The molecule has 8 heteroatoms. The summed E-state index contributed by atoms with van der Waals surface area (Å²) in [6.45, 7) is -0.154. The first-order valence-electron chi connectivity index (χ1n) is 7.35. The summed E-state index contributed by atoms with van der Waals surface area (Å²) in [5.74, 6) is -0.202. The molecule has 0 bridgehead atoms. The maximum Gasteiger partial charge on any atom is 0.261 e. The highest BCUT2D eigenvalue weighted by atomic mass is 35.5. The third kappa shape index (κ3) is 3.92. The first-order chi connectivity index (χ1) is 12.0. The standard InChI is InChI=1S/C17H13Cl2FN2O3/c18-13-2-1-3-14(19)16(13)25-8-11(23)7-22-9-21-15-6-10(20)4-5-12(15)17(22)24/h1-6,9,11,23H,7-8H2/t11-/m1/s1. The number of ether oxygens (including phenoxy) is 1. The summed E-state index contributed by atoms with van der Waals surface area (Å²) in [7, 11) is 0. The minimum atomic E-state index is -0.996. The molecule has 130 valence electrons. The molecule has 0 aliphatic carbocycles. The average Bonchev–Trinajstić information content (AvgIpc) is 2.57. The number of aromatic nitrogens is 2. The van der Waals surface area contributed by atoms with Gasteiger partial charge in [0.2, 0.25) is 0 Å². The van der Waals surface area contributed by atoms with Crippen LogP contribution >= 0.6 is 23.2 Å². The molecule has 1 atom stereocenters. The molecule has 1 heterocycles. The third-order valence-electron chi connectivity index (χ3n) is 3.53. The van der Waals surface area contributed by atoms with E-state index < -0.39 is 11.9 Å². The van der Waals surface area contributed by atoms with Crippen LogP contribution in [0.5, 0.6) is 5.75 Å². The maximum atomic E-state index is 13.2. The second-order valence-corrected chi connectivity index (χ2v) is 6.19. The van der Waals surface area contributed by atoms with Crippen molar-refractivity contribution in [2.75, 3.05) is 6.61 Å². The fourth-order valence-electron chi connectivity index (χ4n) is 2.34. The number of aliphatic hydroxyl groups excluding tert-OH is 1. The Morgan fingerprint density at radius 2 is 1.96 bits per heavy atom. The van der Waals surface area contributed by atoms with Crippen LogP contribution in [0, 0.1) is 5.82 Å². The van der Waals surface area contributed by atoms with Gasteiger partial charge in [0.25, 0.3) is 5.56 Å². The van der Waals surface area contributed by atoms with Gasteiger partial charge in [-0.15, -0.1) is 0 Å². The molecule has 0 aliphatic rings.